The van der Waals surface area contributed by atoms with Gasteiger partial charge in [-0.2, -0.15) is 0 Å². The average molecular weight is 392 g/mol. The first-order valence-electron chi connectivity index (χ1n) is 10.4. The number of carbonyl (C=O) groups is 2. The van der Waals surface area contributed by atoms with E-state index in [-0.39, 0.29) is 35.5 Å². The highest BCUT2D eigenvalue weighted by atomic mass is 19.1. The molecule has 1 N–H and O–H groups in total. The molecule has 1 aliphatic heterocycles. The van der Waals surface area contributed by atoms with E-state index in [1.54, 1.807) is 12.1 Å². The Morgan fingerprint density at radius 1 is 1.14 bits per heavy atom. The van der Waals surface area contributed by atoms with Gasteiger partial charge in [-0.1, -0.05) is 26.0 Å². The first kappa shape index (κ1) is 22.3. The van der Waals surface area contributed by atoms with Gasteiger partial charge in [-0.25, -0.2) is 4.39 Å². The van der Waals surface area contributed by atoms with Crippen LogP contribution in [-0.2, 0) is 9.59 Å². The third-order valence-electron chi connectivity index (χ3n) is 5.59. The molecular weight excluding hydrogens is 357 g/mol. The molecule has 2 rings (SSSR count). The summed E-state index contributed by atoms with van der Waals surface area (Å²) >= 11 is 0. The number of hydrogen-bond donors (Lipinski definition) is 1. The lowest BCUT2D eigenvalue weighted by molar-refractivity contribution is -0.136. The van der Waals surface area contributed by atoms with Crippen molar-refractivity contribution in [1.82, 2.24) is 15.1 Å². The smallest absolute Gasteiger partial charge is 0.234 e. The number of halogens is 1. The van der Waals surface area contributed by atoms with Crippen molar-refractivity contribution in [2.45, 2.75) is 46.6 Å². The fraction of sp³-hybridized carbons (Fsp3) is 0.636. The van der Waals surface area contributed by atoms with Crippen molar-refractivity contribution in [3.8, 4) is 0 Å². The maximum Gasteiger partial charge on any atom is 0.234 e. The second-order valence-corrected chi connectivity index (χ2v) is 7.90. The molecule has 1 fully saturated rings. The average Bonchev–Trinajstić information content (AvgIpc) is 2.68. The first-order valence-corrected chi connectivity index (χ1v) is 10.4. The van der Waals surface area contributed by atoms with Gasteiger partial charge in [0.05, 0.1) is 12.6 Å². The number of rotatable bonds is 8. The number of piperidine rings is 1. The molecule has 0 aromatic heterocycles. The van der Waals surface area contributed by atoms with Crippen molar-refractivity contribution in [2.75, 3.05) is 32.7 Å². The molecule has 0 saturated carbocycles. The molecule has 1 saturated heterocycles. The predicted octanol–water partition coefficient (Wildman–Crippen LogP) is 3.22. The Morgan fingerprint density at radius 3 is 2.21 bits per heavy atom. The summed E-state index contributed by atoms with van der Waals surface area (Å²) in [6.45, 7) is 11.4. The van der Waals surface area contributed by atoms with E-state index in [1.165, 1.54) is 12.1 Å². The molecule has 2 amide bonds. The van der Waals surface area contributed by atoms with Gasteiger partial charge < -0.3 is 10.2 Å². The molecule has 1 aliphatic rings. The van der Waals surface area contributed by atoms with Crippen LogP contribution in [0, 0.1) is 17.7 Å². The van der Waals surface area contributed by atoms with Crippen LogP contribution in [0.4, 0.5) is 4.39 Å². The van der Waals surface area contributed by atoms with Gasteiger partial charge in [0.1, 0.15) is 5.82 Å². The molecule has 5 nitrogen and oxygen atoms in total. The number of nitrogens with zero attached hydrogens (tertiary/aromatic N) is 2. The molecule has 1 heterocycles. The van der Waals surface area contributed by atoms with E-state index in [0.29, 0.717) is 6.54 Å². The number of benzene rings is 1. The minimum atomic E-state index is -0.278. The summed E-state index contributed by atoms with van der Waals surface area (Å²) in [5, 5.41) is 3.09. The molecule has 1 aromatic rings. The Hall–Kier alpha value is -1.95. The molecule has 0 bridgehead atoms. The minimum absolute atomic E-state index is 0.0310. The van der Waals surface area contributed by atoms with Crippen LogP contribution in [0.1, 0.15) is 52.1 Å². The van der Waals surface area contributed by atoms with Crippen molar-refractivity contribution in [1.29, 1.82) is 0 Å². The van der Waals surface area contributed by atoms with E-state index in [1.807, 2.05) is 32.6 Å². The van der Waals surface area contributed by atoms with E-state index >= 15 is 0 Å². The fourth-order valence-corrected chi connectivity index (χ4v) is 3.86. The van der Waals surface area contributed by atoms with E-state index in [9.17, 15) is 14.0 Å². The van der Waals surface area contributed by atoms with Crippen LogP contribution in [0.15, 0.2) is 24.3 Å². The van der Waals surface area contributed by atoms with Crippen LogP contribution in [0.5, 0.6) is 0 Å². The monoisotopic (exact) mass is 391 g/mol. The zero-order chi connectivity index (χ0) is 20.7. The number of carbonyl (C=O) groups excluding carboxylic acids is 2. The summed E-state index contributed by atoms with van der Waals surface area (Å²) in [6.07, 6.45) is 1.60. The van der Waals surface area contributed by atoms with E-state index < -0.39 is 0 Å². The summed E-state index contributed by atoms with van der Waals surface area (Å²) in [7, 11) is 0. The zero-order valence-corrected chi connectivity index (χ0v) is 17.6. The van der Waals surface area contributed by atoms with Crippen LogP contribution < -0.4 is 5.32 Å². The fourth-order valence-electron chi connectivity index (χ4n) is 3.86. The Labute approximate surface area is 168 Å². The van der Waals surface area contributed by atoms with Gasteiger partial charge >= 0.3 is 0 Å². The summed E-state index contributed by atoms with van der Waals surface area (Å²) in [6, 6.07) is 6.16. The molecular formula is C22H34FN3O2. The Bertz CT molecular complexity index is 636. The lowest BCUT2D eigenvalue weighted by Crippen LogP contribution is -2.46. The highest BCUT2D eigenvalue weighted by Gasteiger charge is 2.28. The maximum absolute atomic E-state index is 13.2. The van der Waals surface area contributed by atoms with Crippen LogP contribution in [0.2, 0.25) is 0 Å². The van der Waals surface area contributed by atoms with Crippen molar-refractivity contribution >= 4 is 11.8 Å². The molecule has 156 valence electrons. The van der Waals surface area contributed by atoms with Gasteiger partial charge in [-0.15, -0.1) is 0 Å². The number of hydrogen-bond acceptors (Lipinski definition) is 3. The Kier molecular flexibility index (Phi) is 8.42. The lowest BCUT2D eigenvalue weighted by atomic mass is 9.94. The maximum atomic E-state index is 13.2. The van der Waals surface area contributed by atoms with Gasteiger partial charge in [0.15, 0.2) is 0 Å². The highest BCUT2D eigenvalue weighted by Crippen LogP contribution is 2.23. The van der Waals surface area contributed by atoms with Gasteiger partial charge in [0.2, 0.25) is 11.8 Å². The second-order valence-electron chi connectivity index (χ2n) is 7.90. The quantitative estimate of drug-likeness (QED) is 0.740. The molecule has 1 atom stereocenters. The number of nitrogens with one attached hydrogen (secondary N) is 1. The number of likely N-dealkylation sites (tertiary alicyclic amines) is 1. The van der Waals surface area contributed by atoms with E-state index in [0.717, 1.165) is 44.6 Å². The molecule has 0 spiro atoms. The van der Waals surface area contributed by atoms with E-state index in [2.05, 4.69) is 10.2 Å². The zero-order valence-electron chi connectivity index (χ0n) is 17.6. The van der Waals surface area contributed by atoms with Crippen molar-refractivity contribution < 1.29 is 14.0 Å². The van der Waals surface area contributed by atoms with Gasteiger partial charge in [-0.3, -0.25) is 14.5 Å². The standard InChI is InChI=1S/C22H34FN3O2/c1-5-26(6-2)22(28)18-11-13-25(14-12-18)15-20(27)24-21(16(3)4)17-7-9-19(23)10-8-17/h7-10,16,18,21H,5-6,11-15H2,1-4H3,(H,24,27). The van der Waals surface area contributed by atoms with Crippen molar-refractivity contribution in [3.63, 3.8) is 0 Å². The van der Waals surface area contributed by atoms with Crippen LogP contribution in [0.25, 0.3) is 0 Å². The van der Waals surface area contributed by atoms with Crippen LogP contribution in [0.3, 0.4) is 0 Å². The topological polar surface area (TPSA) is 52.7 Å². The summed E-state index contributed by atoms with van der Waals surface area (Å²) in [4.78, 5) is 29.1. The van der Waals surface area contributed by atoms with Crippen LogP contribution >= 0.6 is 0 Å². The van der Waals surface area contributed by atoms with Gasteiger partial charge in [0.25, 0.3) is 0 Å². The van der Waals surface area contributed by atoms with Gasteiger partial charge in [-0.05, 0) is 63.4 Å². The molecule has 0 radical (unpaired) electrons. The second kappa shape index (κ2) is 10.6. The predicted molar refractivity (Wildman–Crippen MR) is 109 cm³/mol. The van der Waals surface area contributed by atoms with Crippen molar-refractivity contribution in [2.24, 2.45) is 11.8 Å². The Morgan fingerprint density at radius 2 is 1.71 bits per heavy atom. The lowest BCUT2D eigenvalue weighted by Gasteiger charge is -2.33. The molecule has 0 aliphatic carbocycles. The largest absolute Gasteiger partial charge is 0.348 e. The highest BCUT2D eigenvalue weighted by molar-refractivity contribution is 5.79. The van der Waals surface area contributed by atoms with Crippen LogP contribution in [-0.4, -0.2) is 54.3 Å². The Balaban J connectivity index is 1.86. The normalized spacial score (nSPS) is 16.8. The van der Waals surface area contributed by atoms with E-state index in [4.69, 9.17) is 0 Å². The molecule has 6 heteroatoms. The summed E-state index contributed by atoms with van der Waals surface area (Å²) < 4.78 is 13.2. The number of amides is 2. The summed E-state index contributed by atoms with van der Waals surface area (Å²) in [5.74, 6) is 0.204. The molecule has 1 unspecified atom stereocenters. The summed E-state index contributed by atoms with van der Waals surface area (Å²) in [5.41, 5.74) is 0.910. The molecule has 28 heavy (non-hydrogen) atoms. The minimum Gasteiger partial charge on any atom is -0.348 e. The van der Waals surface area contributed by atoms with Crippen molar-refractivity contribution in [3.05, 3.63) is 35.6 Å². The SMILES string of the molecule is CCN(CC)C(=O)C1CCN(CC(=O)NC(c2ccc(F)cc2)C(C)C)CC1. The first-order chi connectivity index (χ1) is 13.3. The molecule has 1 aromatic carbocycles. The third-order valence-corrected chi connectivity index (χ3v) is 5.59. The third kappa shape index (κ3) is 6.03. The van der Waals surface area contributed by atoms with Gasteiger partial charge in [0, 0.05) is 19.0 Å².